The maximum absolute atomic E-state index is 13.2. The lowest BCUT2D eigenvalue weighted by Gasteiger charge is -2.32. The van der Waals surface area contributed by atoms with Crippen LogP contribution in [0.3, 0.4) is 0 Å². The van der Waals surface area contributed by atoms with E-state index >= 15 is 0 Å². The molecule has 1 aliphatic rings. The topological polar surface area (TPSA) is 100 Å². The van der Waals surface area contributed by atoms with E-state index in [9.17, 15) is 22.8 Å². The zero-order valence-electron chi connectivity index (χ0n) is 20.4. The van der Waals surface area contributed by atoms with Gasteiger partial charge in [0.1, 0.15) is 5.69 Å². The van der Waals surface area contributed by atoms with E-state index in [4.69, 9.17) is 4.74 Å². The first-order valence-corrected chi connectivity index (χ1v) is 12.0. The Hall–Kier alpha value is -4.41. The number of benzene rings is 2. The fourth-order valence-electron chi connectivity index (χ4n) is 4.64. The molecular weight excluding hydrogens is 499 g/mol. The molecule has 2 aromatic heterocycles. The first kappa shape index (κ1) is 25.2. The van der Waals surface area contributed by atoms with Crippen molar-refractivity contribution in [3.8, 4) is 5.88 Å². The summed E-state index contributed by atoms with van der Waals surface area (Å²) in [5.74, 6) is 0.137. The zero-order valence-corrected chi connectivity index (χ0v) is 20.4. The number of alkyl halides is 3. The van der Waals surface area contributed by atoms with Crippen LogP contribution in [-0.4, -0.2) is 52.1 Å². The summed E-state index contributed by atoms with van der Waals surface area (Å²) in [6.45, 7) is 1.23. The molecule has 5 rings (SSSR count). The van der Waals surface area contributed by atoms with Gasteiger partial charge < -0.3 is 15.0 Å². The van der Waals surface area contributed by atoms with Crippen molar-refractivity contribution >= 4 is 28.4 Å². The molecule has 1 aliphatic heterocycles. The summed E-state index contributed by atoms with van der Waals surface area (Å²) < 4.78 is 44.6. The highest BCUT2D eigenvalue weighted by Gasteiger charge is 2.35. The molecule has 4 aromatic rings. The van der Waals surface area contributed by atoms with Gasteiger partial charge in [0.05, 0.1) is 18.2 Å². The molecule has 11 heteroatoms. The van der Waals surface area contributed by atoms with Crippen LogP contribution in [0.2, 0.25) is 0 Å². The van der Waals surface area contributed by atoms with Crippen LogP contribution in [0, 0.1) is 0 Å². The predicted octanol–water partition coefficient (Wildman–Crippen LogP) is 5.26. The predicted molar refractivity (Wildman–Crippen MR) is 134 cm³/mol. The number of nitrogens with one attached hydrogen (secondary N) is 2. The second-order valence-corrected chi connectivity index (χ2v) is 9.06. The number of halogens is 3. The number of likely N-dealkylation sites (tertiary alicyclic amines) is 1. The number of rotatable bonds is 5. The Labute approximate surface area is 215 Å². The second kappa shape index (κ2) is 10.2. The van der Waals surface area contributed by atoms with Crippen LogP contribution in [0.4, 0.5) is 18.9 Å². The lowest BCUT2D eigenvalue weighted by molar-refractivity contribution is -0.139. The minimum absolute atomic E-state index is 0.0624. The molecule has 0 radical (unpaired) electrons. The van der Waals surface area contributed by atoms with Gasteiger partial charge in [-0.25, -0.2) is 4.98 Å². The minimum Gasteiger partial charge on any atom is -0.481 e. The van der Waals surface area contributed by atoms with Gasteiger partial charge in [-0.15, -0.1) is 0 Å². The minimum atomic E-state index is -4.60. The molecule has 0 spiro atoms. The number of nitrogens with zero attached hydrogens (tertiary/aromatic N) is 3. The Balaban J connectivity index is 1.19. The van der Waals surface area contributed by atoms with Crippen molar-refractivity contribution in [2.24, 2.45) is 0 Å². The second-order valence-electron chi connectivity index (χ2n) is 9.06. The molecule has 2 aromatic carbocycles. The van der Waals surface area contributed by atoms with Crippen LogP contribution in [0.25, 0.3) is 10.9 Å². The van der Waals surface area contributed by atoms with Crippen LogP contribution < -0.4 is 10.1 Å². The molecule has 38 heavy (non-hydrogen) atoms. The van der Waals surface area contributed by atoms with E-state index in [0.717, 1.165) is 18.4 Å². The van der Waals surface area contributed by atoms with E-state index in [2.05, 4.69) is 15.4 Å². The molecule has 2 amide bonds. The van der Waals surface area contributed by atoms with Gasteiger partial charge in [-0.3, -0.25) is 14.7 Å². The Bertz CT molecular complexity index is 1460. The number of hydrogen-bond donors (Lipinski definition) is 2. The normalized spacial score (nSPS) is 14.5. The number of amides is 2. The first-order chi connectivity index (χ1) is 18.2. The number of aromatic nitrogens is 3. The van der Waals surface area contributed by atoms with Crippen LogP contribution >= 0.6 is 0 Å². The van der Waals surface area contributed by atoms with Crippen LogP contribution in [-0.2, 0) is 6.18 Å². The third kappa shape index (κ3) is 5.17. The molecule has 0 atom stereocenters. The largest absolute Gasteiger partial charge is 0.481 e. The van der Waals surface area contributed by atoms with Crippen molar-refractivity contribution < 1.29 is 27.5 Å². The molecule has 0 unspecified atom stereocenters. The van der Waals surface area contributed by atoms with Crippen molar-refractivity contribution in [1.29, 1.82) is 0 Å². The fourth-order valence-corrected chi connectivity index (χ4v) is 4.64. The number of H-pyrrole nitrogens is 1. The number of carbonyl (C=O) groups is 2. The molecule has 0 bridgehead atoms. The number of aromatic amines is 1. The summed E-state index contributed by atoms with van der Waals surface area (Å²) in [6, 6.07) is 14.7. The molecule has 0 aliphatic carbocycles. The SMILES string of the molecule is COc1ccc(C(=O)N2CCC(c3ccc(NC(=O)c4ccc5n[nH]c(C(F)(F)F)c5c4)cc3)CC2)cn1. The first-order valence-electron chi connectivity index (χ1n) is 12.0. The molecule has 3 heterocycles. The molecule has 1 saturated heterocycles. The summed E-state index contributed by atoms with van der Waals surface area (Å²) in [5.41, 5.74) is 1.38. The Morgan fingerprint density at radius 1 is 1.03 bits per heavy atom. The van der Waals surface area contributed by atoms with Crippen molar-refractivity contribution in [2.75, 3.05) is 25.5 Å². The van der Waals surface area contributed by atoms with Crippen molar-refractivity contribution in [1.82, 2.24) is 20.1 Å². The zero-order chi connectivity index (χ0) is 26.9. The number of pyridine rings is 1. The van der Waals surface area contributed by atoms with Crippen LogP contribution in [0.5, 0.6) is 5.88 Å². The Kier molecular flexibility index (Phi) is 6.75. The van der Waals surface area contributed by atoms with E-state index in [0.29, 0.717) is 30.2 Å². The standard InChI is InChI=1S/C27H24F3N5O3/c1-38-23-9-5-19(15-31-23)26(37)35-12-10-17(11-13-35)16-2-6-20(7-3-16)32-25(36)18-4-8-22-21(14-18)24(34-33-22)27(28,29)30/h2-9,14-15,17H,10-13H2,1H3,(H,32,36)(H,33,34). The number of methoxy groups -OCH3 is 1. The fraction of sp³-hybridized carbons (Fsp3) is 0.259. The average Bonchev–Trinajstić information content (AvgIpc) is 3.37. The van der Waals surface area contributed by atoms with Gasteiger partial charge in [-0.2, -0.15) is 18.3 Å². The third-order valence-electron chi connectivity index (χ3n) is 6.71. The summed E-state index contributed by atoms with van der Waals surface area (Å²) >= 11 is 0. The summed E-state index contributed by atoms with van der Waals surface area (Å²) in [7, 11) is 1.52. The molecule has 8 nitrogen and oxygen atoms in total. The number of ether oxygens (including phenoxy) is 1. The smallest absolute Gasteiger partial charge is 0.433 e. The van der Waals surface area contributed by atoms with Crippen LogP contribution in [0.15, 0.2) is 60.8 Å². The highest BCUT2D eigenvalue weighted by atomic mass is 19.4. The van der Waals surface area contributed by atoms with Crippen molar-refractivity contribution in [2.45, 2.75) is 24.9 Å². The molecule has 196 valence electrons. The monoisotopic (exact) mass is 523 g/mol. The maximum Gasteiger partial charge on any atom is 0.433 e. The van der Waals surface area contributed by atoms with Gasteiger partial charge in [0.25, 0.3) is 11.8 Å². The lowest BCUT2D eigenvalue weighted by atomic mass is 9.89. The summed E-state index contributed by atoms with van der Waals surface area (Å²) in [5, 5.41) is 8.22. The average molecular weight is 524 g/mol. The Morgan fingerprint density at radius 2 is 1.74 bits per heavy atom. The van der Waals surface area contributed by atoms with E-state index in [-0.39, 0.29) is 28.3 Å². The quantitative estimate of drug-likeness (QED) is 0.372. The van der Waals surface area contributed by atoms with Gasteiger partial charge >= 0.3 is 6.18 Å². The van der Waals surface area contributed by atoms with Crippen LogP contribution in [0.1, 0.15) is 50.7 Å². The lowest BCUT2D eigenvalue weighted by Crippen LogP contribution is -2.37. The van der Waals surface area contributed by atoms with Gasteiger partial charge in [-0.05, 0) is 60.7 Å². The van der Waals surface area contributed by atoms with E-state index in [1.54, 1.807) is 24.3 Å². The van der Waals surface area contributed by atoms with E-state index in [1.165, 1.54) is 31.5 Å². The van der Waals surface area contributed by atoms with Gasteiger partial charge in [-0.1, -0.05) is 12.1 Å². The number of fused-ring (bicyclic) bond motifs is 1. The molecule has 1 fully saturated rings. The van der Waals surface area contributed by atoms with Gasteiger partial charge in [0.15, 0.2) is 0 Å². The van der Waals surface area contributed by atoms with E-state index in [1.807, 2.05) is 22.1 Å². The summed E-state index contributed by atoms with van der Waals surface area (Å²) in [4.78, 5) is 31.4. The number of piperidine rings is 1. The maximum atomic E-state index is 13.2. The highest BCUT2D eigenvalue weighted by molar-refractivity contribution is 6.06. The molecular formula is C27H24F3N5O3. The third-order valence-corrected chi connectivity index (χ3v) is 6.71. The highest BCUT2D eigenvalue weighted by Crippen LogP contribution is 2.33. The van der Waals surface area contributed by atoms with Gasteiger partial charge in [0, 0.05) is 42.0 Å². The number of hydrogen-bond acceptors (Lipinski definition) is 5. The van der Waals surface area contributed by atoms with E-state index < -0.39 is 17.8 Å². The number of carbonyl (C=O) groups excluding carboxylic acids is 2. The van der Waals surface area contributed by atoms with Crippen molar-refractivity contribution in [3.63, 3.8) is 0 Å². The molecule has 0 saturated carbocycles. The molecule has 2 N–H and O–H groups in total. The van der Waals surface area contributed by atoms with Crippen molar-refractivity contribution in [3.05, 3.63) is 83.2 Å². The Morgan fingerprint density at radius 3 is 2.37 bits per heavy atom. The number of anilines is 1. The summed E-state index contributed by atoms with van der Waals surface area (Å²) in [6.07, 6.45) is -1.49. The van der Waals surface area contributed by atoms with Gasteiger partial charge in [0.2, 0.25) is 5.88 Å².